The summed E-state index contributed by atoms with van der Waals surface area (Å²) < 4.78 is 39.0. The van der Waals surface area contributed by atoms with Crippen LogP contribution in [-0.2, 0) is 22.8 Å². The number of halogens is 1. The van der Waals surface area contributed by atoms with Crippen LogP contribution in [0.4, 0.5) is 10.1 Å². The molecule has 0 aromatic heterocycles. The zero-order valence-electron chi connectivity index (χ0n) is 13.8. The van der Waals surface area contributed by atoms with Gasteiger partial charge in [-0.05, 0) is 42.3 Å². The molecule has 0 saturated heterocycles. The number of carbonyl (C=O) groups excluding carboxylic acids is 1. The Hall–Kier alpha value is -2.25. The highest BCUT2D eigenvalue weighted by atomic mass is 32.2. The number of benzene rings is 2. The van der Waals surface area contributed by atoms with Gasteiger partial charge in [0.1, 0.15) is 5.82 Å². The number of rotatable bonds is 4. The molecule has 2 aromatic rings. The molecule has 3 rings (SSSR count). The zero-order valence-corrected chi connectivity index (χ0v) is 14.6. The summed E-state index contributed by atoms with van der Waals surface area (Å²) in [5.74, 6) is -1.21. The van der Waals surface area contributed by atoms with Crippen molar-refractivity contribution in [2.24, 2.45) is 0 Å². The molecule has 132 valence electrons. The van der Waals surface area contributed by atoms with Crippen LogP contribution in [0.2, 0.25) is 0 Å². The van der Waals surface area contributed by atoms with Crippen LogP contribution in [0.1, 0.15) is 28.4 Å². The van der Waals surface area contributed by atoms with E-state index >= 15 is 0 Å². The third-order valence-corrected chi connectivity index (χ3v) is 6.09. The number of fused-ring (bicyclic) bond motifs is 1. The highest BCUT2D eigenvalue weighted by Gasteiger charge is 2.22. The largest absolute Gasteiger partial charge is 0.319 e. The van der Waals surface area contributed by atoms with Gasteiger partial charge in [0.05, 0.1) is 21.9 Å². The second kappa shape index (κ2) is 6.93. The number of sulfone groups is 1. The van der Waals surface area contributed by atoms with E-state index in [4.69, 9.17) is 0 Å². The van der Waals surface area contributed by atoms with Gasteiger partial charge >= 0.3 is 0 Å². The van der Waals surface area contributed by atoms with E-state index in [1.165, 1.54) is 25.1 Å². The third-order valence-electron chi connectivity index (χ3n) is 4.30. The van der Waals surface area contributed by atoms with Crippen molar-refractivity contribution in [3.05, 3.63) is 58.9 Å². The smallest absolute Gasteiger partial charge is 0.257 e. The second-order valence-electron chi connectivity index (χ2n) is 5.85. The fourth-order valence-electron chi connectivity index (χ4n) is 2.90. The average molecular weight is 362 g/mol. The van der Waals surface area contributed by atoms with Crippen molar-refractivity contribution >= 4 is 21.4 Å². The molecule has 0 radical (unpaired) electrons. The SMILES string of the molecule is CCS(=O)(=O)c1ccccc1C(=O)Nc1ccc2c(c1F)CCNC2. The Bertz CT molecular complexity index is 926. The van der Waals surface area contributed by atoms with Gasteiger partial charge in [0.2, 0.25) is 0 Å². The van der Waals surface area contributed by atoms with Gasteiger partial charge in [0, 0.05) is 6.54 Å². The summed E-state index contributed by atoms with van der Waals surface area (Å²) in [7, 11) is -3.55. The highest BCUT2D eigenvalue weighted by Crippen LogP contribution is 2.26. The topological polar surface area (TPSA) is 75.3 Å². The molecule has 2 N–H and O–H groups in total. The summed E-state index contributed by atoms with van der Waals surface area (Å²) in [5.41, 5.74) is 1.54. The summed E-state index contributed by atoms with van der Waals surface area (Å²) in [5, 5.41) is 5.68. The fourth-order valence-corrected chi connectivity index (χ4v) is 3.99. The van der Waals surface area contributed by atoms with Gasteiger partial charge in [-0.3, -0.25) is 4.79 Å². The van der Waals surface area contributed by atoms with E-state index in [2.05, 4.69) is 10.6 Å². The first-order valence-corrected chi connectivity index (χ1v) is 9.73. The molecule has 5 nitrogen and oxygen atoms in total. The molecule has 1 amide bonds. The summed E-state index contributed by atoms with van der Waals surface area (Å²) in [6.07, 6.45) is 0.547. The lowest BCUT2D eigenvalue weighted by molar-refractivity contribution is 0.102. The molecule has 0 saturated carbocycles. The second-order valence-corrected chi connectivity index (χ2v) is 8.09. The van der Waals surface area contributed by atoms with Crippen LogP contribution in [0.5, 0.6) is 0 Å². The standard InChI is InChI=1S/C18H19FN2O3S/c1-2-25(23,24)16-6-4-3-5-14(16)18(22)21-15-8-7-12-11-20-10-9-13(12)17(15)19/h3-8,20H,2,9-11H2,1H3,(H,21,22). The van der Waals surface area contributed by atoms with Crippen molar-refractivity contribution in [1.82, 2.24) is 5.32 Å². The first-order valence-electron chi connectivity index (χ1n) is 8.08. The maximum absolute atomic E-state index is 14.7. The molecular weight excluding hydrogens is 343 g/mol. The quantitative estimate of drug-likeness (QED) is 0.876. The molecule has 0 aliphatic carbocycles. The van der Waals surface area contributed by atoms with Crippen LogP contribution in [0.25, 0.3) is 0 Å². The van der Waals surface area contributed by atoms with Gasteiger partial charge in [0.15, 0.2) is 9.84 Å². The summed E-state index contributed by atoms with van der Waals surface area (Å²) >= 11 is 0. The van der Waals surface area contributed by atoms with E-state index in [0.29, 0.717) is 25.1 Å². The zero-order chi connectivity index (χ0) is 18.0. The molecular formula is C18H19FN2O3S. The third kappa shape index (κ3) is 3.43. The monoisotopic (exact) mass is 362 g/mol. The van der Waals surface area contributed by atoms with Crippen molar-refractivity contribution in [2.45, 2.75) is 24.8 Å². The van der Waals surface area contributed by atoms with Crippen LogP contribution in [-0.4, -0.2) is 26.6 Å². The summed E-state index contributed by atoms with van der Waals surface area (Å²) in [6.45, 7) is 2.79. The Morgan fingerprint density at radius 2 is 2.00 bits per heavy atom. The van der Waals surface area contributed by atoms with Crippen molar-refractivity contribution in [2.75, 3.05) is 17.6 Å². The maximum Gasteiger partial charge on any atom is 0.257 e. The molecule has 0 atom stereocenters. The summed E-state index contributed by atoms with van der Waals surface area (Å²) in [4.78, 5) is 12.5. The summed E-state index contributed by atoms with van der Waals surface area (Å²) in [6, 6.07) is 9.25. The molecule has 1 aliphatic heterocycles. The van der Waals surface area contributed by atoms with Crippen LogP contribution >= 0.6 is 0 Å². The highest BCUT2D eigenvalue weighted by molar-refractivity contribution is 7.91. The Balaban J connectivity index is 1.94. The van der Waals surface area contributed by atoms with E-state index < -0.39 is 21.6 Å². The van der Waals surface area contributed by atoms with Crippen molar-refractivity contribution in [3.63, 3.8) is 0 Å². The molecule has 1 aliphatic rings. The lowest BCUT2D eigenvalue weighted by Gasteiger charge is -2.19. The van der Waals surface area contributed by atoms with E-state index in [9.17, 15) is 17.6 Å². The van der Waals surface area contributed by atoms with Crippen LogP contribution < -0.4 is 10.6 Å². The van der Waals surface area contributed by atoms with Crippen molar-refractivity contribution < 1.29 is 17.6 Å². The van der Waals surface area contributed by atoms with Gasteiger partial charge in [-0.25, -0.2) is 12.8 Å². The van der Waals surface area contributed by atoms with E-state index in [-0.39, 0.29) is 21.9 Å². The number of nitrogens with one attached hydrogen (secondary N) is 2. The lowest BCUT2D eigenvalue weighted by atomic mass is 9.99. The maximum atomic E-state index is 14.7. The Kier molecular flexibility index (Phi) is 4.87. The lowest BCUT2D eigenvalue weighted by Crippen LogP contribution is -2.25. The number of hydrogen-bond acceptors (Lipinski definition) is 4. The van der Waals surface area contributed by atoms with Crippen LogP contribution in [0.15, 0.2) is 41.3 Å². The minimum atomic E-state index is -3.55. The van der Waals surface area contributed by atoms with Crippen LogP contribution in [0, 0.1) is 5.82 Å². The molecule has 1 heterocycles. The number of amides is 1. The molecule has 0 unspecified atom stereocenters. The first kappa shape index (κ1) is 17.6. The van der Waals surface area contributed by atoms with E-state index in [1.807, 2.05) is 0 Å². The van der Waals surface area contributed by atoms with Crippen LogP contribution in [0.3, 0.4) is 0 Å². The van der Waals surface area contributed by atoms with Gasteiger partial charge in [-0.1, -0.05) is 25.1 Å². The van der Waals surface area contributed by atoms with Gasteiger partial charge in [-0.15, -0.1) is 0 Å². The van der Waals surface area contributed by atoms with Crippen molar-refractivity contribution in [3.8, 4) is 0 Å². The fraction of sp³-hybridized carbons (Fsp3) is 0.278. The van der Waals surface area contributed by atoms with E-state index in [0.717, 1.165) is 5.56 Å². The Labute approximate surface area is 146 Å². The molecule has 2 aromatic carbocycles. The van der Waals surface area contributed by atoms with Gasteiger partial charge in [0.25, 0.3) is 5.91 Å². The number of carbonyl (C=O) groups is 1. The average Bonchev–Trinajstić information content (AvgIpc) is 2.64. The Morgan fingerprint density at radius 3 is 2.76 bits per heavy atom. The number of anilines is 1. The molecule has 0 fully saturated rings. The molecule has 7 heteroatoms. The minimum absolute atomic E-state index is 0.0168. The predicted molar refractivity (Wildman–Crippen MR) is 93.9 cm³/mol. The first-order chi connectivity index (χ1) is 11.9. The Morgan fingerprint density at radius 1 is 1.24 bits per heavy atom. The van der Waals surface area contributed by atoms with Gasteiger partial charge < -0.3 is 10.6 Å². The number of hydrogen-bond donors (Lipinski definition) is 2. The van der Waals surface area contributed by atoms with Crippen molar-refractivity contribution in [1.29, 1.82) is 0 Å². The molecule has 25 heavy (non-hydrogen) atoms. The van der Waals surface area contributed by atoms with Gasteiger partial charge in [-0.2, -0.15) is 0 Å². The molecule has 0 spiro atoms. The predicted octanol–water partition coefficient (Wildman–Crippen LogP) is 2.52. The molecule has 0 bridgehead atoms. The normalized spacial score (nSPS) is 14.0. The van der Waals surface area contributed by atoms with E-state index in [1.54, 1.807) is 18.2 Å². The minimum Gasteiger partial charge on any atom is -0.319 e.